The van der Waals surface area contributed by atoms with Crippen LogP contribution >= 0.6 is 11.6 Å². The Labute approximate surface area is 163 Å². The molecule has 7 nitrogen and oxygen atoms in total. The molecule has 27 heavy (non-hydrogen) atoms. The quantitative estimate of drug-likeness (QED) is 0.727. The summed E-state index contributed by atoms with van der Waals surface area (Å²) >= 11 is 6.11. The van der Waals surface area contributed by atoms with Crippen molar-refractivity contribution in [3.8, 4) is 0 Å². The van der Waals surface area contributed by atoms with E-state index >= 15 is 0 Å². The van der Waals surface area contributed by atoms with Gasteiger partial charge in [-0.3, -0.25) is 4.90 Å². The molecule has 0 unspecified atom stereocenters. The molecule has 0 amide bonds. The molecule has 1 aliphatic heterocycles. The fraction of sp³-hybridized carbons (Fsp3) is 0.421. The summed E-state index contributed by atoms with van der Waals surface area (Å²) in [6.07, 6.45) is 2.86. The minimum Gasteiger partial charge on any atom is -0.382 e. The largest absolute Gasteiger partial charge is 0.382 e. The molecule has 1 aromatic carbocycles. The number of benzene rings is 1. The predicted molar refractivity (Wildman–Crippen MR) is 109 cm³/mol. The number of nitrogens with two attached hydrogens (primary N) is 1. The molecule has 1 saturated heterocycles. The Balaban J connectivity index is 1.30. The van der Waals surface area contributed by atoms with Gasteiger partial charge in [0.1, 0.15) is 11.3 Å². The lowest BCUT2D eigenvalue weighted by Crippen LogP contribution is -2.46. The van der Waals surface area contributed by atoms with Crippen LogP contribution in [0.3, 0.4) is 0 Å². The average molecular weight is 386 g/mol. The topological polar surface area (TPSA) is 76.1 Å². The van der Waals surface area contributed by atoms with Crippen molar-refractivity contribution in [2.75, 3.05) is 43.4 Å². The first kappa shape index (κ1) is 18.0. The molecule has 0 atom stereocenters. The fourth-order valence-corrected chi connectivity index (χ4v) is 3.79. The van der Waals surface area contributed by atoms with Crippen LogP contribution in [0.25, 0.3) is 11.2 Å². The average Bonchev–Trinajstić information content (AvgIpc) is 3.05. The molecule has 8 heteroatoms. The molecule has 142 valence electrons. The fourth-order valence-electron chi connectivity index (χ4n) is 3.61. The zero-order valence-corrected chi connectivity index (χ0v) is 16.2. The van der Waals surface area contributed by atoms with Crippen molar-refractivity contribution in [1.29, 1.82) is 0 Å². The number of piperazine rings is 1. The Morgan fingerprint density at radius 3 is 2.70 bits per heavy atom. The van der Waals surface area contributed by atoms with Gasteiger partial charge in [0.05, 0.1) is 6.33 Å². The third-order valence-corrected chi connectivity index (χ3v) is 5.26. The number of halogens is 1. The Morgan fingerprint density at radius 2 is 1.93 bits per heavy atom. The molecule has 4 rings (SSSR count). The lowest BCUT2D eigenvalue weighted by molar-refractivity contribution is 0.251. The first-order valence-electron chi connectivity index (χ1n) is 9.28. The van der Waals surface area contributed by atoms with E-state index in [2.05, 4.69) is 35.4 Å². The van der Waals surface area contributed by atoms with Crippen molar-refractivity contribution in [2.24, 2.45) is 0 Å². The molecule has 1 aliphatic rings. The van der Waals surface area contributed by atoms with E-state index in [1.807, 2.05) is 31.5 Å². The monoisotopic (exact) mass is 385 g/mol. The summed E-state index contributed by atoms with van der Waals surface area (Å²) in [4.78, 5) is 17.9. The number of nitrogen functional groups attached to an aromatic ring is 1. The van der Waals surface area contributed by atoms with Crippen LogP contribution in [-0.2, 0) is 6.54 Å². The van der Waals surface area contributed by atoms with Crippen LogP contribution in [0.15, 0.2) is 30.6 Å². The molecule has 0 radical (unpaired) electrons. The van der Waals surface area contributed by atoms with Crippen LogP contribution in [-0.4, -0.2) is 57.1 Å². The maximum Gasteiger partial charge on any atom is 0.165 e. The maximum atomic E-state index is 6.11. The number of nitrogens with zero attached hydrogens (tertiary/aromatic N) is 6. The van der Waals surface area contributed by atoms with Crippen molar-refractivity contribution in [3.05, 3.63) is 41.4 Å². The summed E-state index contributed by atoms with van der Waals surface area (Å²) < 4.78 is 2.07. The minimum absolute atomic E-state index is 0.452. The molecule has 2 aromatic heterocycles. The van der Waals surface area contributed by atoms with Crippen molar-refractivity contribution in [1.82, 2.24) is 24.4 Å². The third-order valence-electron chi connectivity index (χ3n) is 5.02. The van der Waals surface area contributed by atoms with E-state index in [1.54, 1.807) is 0 Å². The lowest BCUT2D eigenvalue weighted by Gasteiger charge is -2.36. The van der Waals surface area contributed by atoms with E-state index in [-0.39, 0.29) is 0 Å². The molecule has 0 aliphatic carbocycles. The molecular formula is C19H24ClN7. The first-order valence-corrected chi connectivity index (χ1v) is 9.66. The van der Waals surface area contributed by atoms with E-state index in [9.17, 15) is 0 Å². The molecule has 0 saturated carbocycles. The summed E-state index contributed by atoms with van der Waals surface area (Å²) in [7, 11) is 0. The second-order valence-corrected chi connectivity index (χ2v) is 7.36. The molecule has 3 aromatic rings. The first-order chi connectivity index (χ1) is 13.1. The van der Waals surface area contributed by atoms with E-state index in [0.717, 1.165) is 56.4 Å². The van der Waals surface area contributed by atoms with Gasteiger partial charge in [0.25, 0.3) is 0 Å². The molecule has 0 spiro atoms. The van der Waals surface area contributed by atoms with Gasteiger partial charge in [-0.25, -0.2) is 15.0 Å². The molecule has 3 heterocycles. The van der Waals surface area contributed by atoms with Gasteiger partial charge in [-0.15, -0.1) is 0 Å². The summed E-state index contributed by atoms with van der Waals surface area (Å²) in [5, 5.41) is 0.794. The Bertz CT molecular complexity index is 931. The number of hydrogen-bond acceptors (Lipinski definition) is 6. The Morgan fingerprint density at radius 1 is 1.11 bits per heavy atom. The maximum absolute atomic E-state index is 6.11. The van der Waals surface area contributed by atoms with E-state index < -0.39 is 0 Å². The van der Waals surface area contributed by atoms with E-state index in [0.29, 0.717) is 17.2 Å². The summed E-state index contributed by atoms with van der Waals surface area (Å²) in [6, 6.07) is 8.09. The summed E-state index contributed by atoms with van der Waals surface area (Å²) in [5.74, 6) is 1.13. The number of aryl methyl sites for hydroxylation is 2. The van der Waals surface area contributed by atoms with Gasteiger partial charge in [-0.2, -0.15) is 0 Å². The van der Waals surface area contributed by atoms with Crippen LogP contribution < -0.4 is 10.6 Å². The molecule has 0 bridgehead atoms. The van der Waals surface area contributed by atoms with E-state index in [4.69, 9.17) is 17.3 Å². The molecular weight excluding hydrogens is 362 g/mol. The van der Waals surface area contributed by atoms with Gasteiger partial charge in [0, 0.05) is 43.4 Å². The normalized spacial score (nSPS) is 15.6. The number of hydrogen-bond donors (Lipinski definition) is 1. The zero-order chi connectivity index (χ0) is 18.8. The van der Waals surface area contributed by atoms with Gasteiger partial charge in [0.2, 0.25) is 0 Å². The SMILES string of the molecule is Cc1nc(N)c2ncn(CCCN3CCN(c4cccc(Cl)c4)CC3)c2n1. The standard InChI is InChI=1S/C19H24ClN7/c1-14-23-18(21)17-19(24-14)27(13-22-17)7-3-6-25-8-10-26(11-9-25)16-5-2-4-15(20)12-16/h2,4-5,12-13H,3,6-11H2,1H3,(H2,21,23,24). The van der Waals surface area contributed by atoms with Gasteiger partial charge >= 0.3 is 0 Å². The van der Waals surface area contributed by atoms with E-state index in [1.165, 1.54) is 5.69 Å². The third kappa shape index (κ3) is 3.99. The highest BCUT2D eigenvalue weighted by atomic mass is 35.5. The lowest BCUT2D eigenvalue weighted by atomic mass is 10.2. The minimum atomic E-state index is 0.452. The smallest absolute Gasteiger partial charge is 0.165 e. The van der Waals surface area contributed by atoms with Gasteiger partial charge in [-0.05, 0) is 38.1 Å². The molecule has 2 N–H and O–H groups in total. The second-order valence-electron chi connectivity index (χ2n) is 6.93. The summed E-state index contributed by atoms with van der Waals surface area (Å²) in [6.45, 7) is 7.96. The van der Waals surface area contributed by atoms with Gasteiger partial charge < -0.3 is 15.2 Å². The Kier molecular flexibility index (Phi) is 5.13. The van der Waals surface area contributed by atoms with Gasteiger partial charge in [0.15, 0.2) is 11.5 Å². The van der Waals surface area contributed by atoms with Crippen molar-refractivity contribution >= 4 is 34.3 Å². The highest BCUT2D eigenvalue weighted by Gasteiger charge is 2.17. The number of imidazole rings is 1. The molecule has 1 fully saturated rings. The van der Waals surface area contributed by atoms with Crippen LogP contribution in [0.2, 0.25) is 5.02 Å². The zero-order valence-electron chi connectivity index (χ0n) is 15.5. The van der Waals surface area contributed by atoms with Crippen molar-refractivity contribution < 1.29 is 0 Å². The number of aromatic nitrogens is 4. The summed E-state index contributed by atoms with van der Waals surface area (Å²) in [5.41, 5.74) is 8.66. The van der Waals surface area contributed by atoms with Crippen molar-refractivity contribution in [2.45, 2.75) is 19.9 Å². The Hall–Kier alpha value is -2.38. The van der Waals surface area contributed by atoms with Crippen LogP contribution in [0.5, 0.6) is 0 Å². The van der Waals surface area contributed by atoms with Crippen LogP contribution in [0.1, 0.15) is 12.2 Å². The second kappa shape index (κ2) is 7.70. The van der Waals surface area contributed by atoms with Gasteiger partial charge in [-0.1, -0.05) is 17.7 Å². The number of fused-ring (bicyclic) bond motifs is 1. The van der Waals surface area contributed by atoms with Crippen molar-refractivity contribution in [3.63, 3.8) is 0 Å². The highest BCUT2D eigenvalue weighted by Crippen LogP contribution is 2.21. The van der Waals surface area contributed by atoms with Crippen LogP contribution in [0.4, 0.5) is 11.5 Å². The highest BCUT2D eigenvalue weighted by molar-refractivity contribution is 6.30. The number of rotatable bonds is 5. The predicted octanol–water partition coefficient (Wildman–Crippen LogP) is 2.58. The number of anilines is 2. The van der Waals surface area contributed by atoms with Crippen LogP contribution in [0, 0.1) is 6.92 Å².